The Morgan fingerprint density at radius 2 is 2.18 bits per heavy atom. The smallest absolute Gasteiger partial charge is 0.254 e. The molecule has 1 unspecified atom stereocenters. The molecule has 0 saturated carbocycles. The summed E-state index contributed by atoms with van der Waals surface area (Å²) in [6.45, 7) is 3.48. The first-order valence-electron chi connectivity index (χ1n) is 5.79. The molecule has 0 bridgehead atoms. The molecule has 0 radical (unpaired) electrons. The summed E-state index contributed by atoms with van der Waals surface area (Å²) in [6.07, 6.45) is -0.252. The molecule has 0 spiro atoms. The highest BCUT2D eigenvalue weighted by atomic mass is 16.5. The van der Waals surface area contributed by atoms with Crippen molar-refractivity contribution in [2.24, 2.45) is 0 Å². The Morgan fingerprint density at radius 1 is 1.47 bits per heavy atom. The molecule has 0 aliphatic carbocycles. The first kappa shape index (κ1) is 12.1. The molecule has 92 valence electrons. The van der Waals surface area contributed by atoms with Crippen molar-refractivity contribution in [3.8, 4) is 0 Å². The third kappa shape index (κ3) is 2.84. The van der Waals surface area contributed by atoms with Crippen LogP contribution in [0.5, 0.6) is 0 Å². The van der Waals surface area contributed by atoms with Crippen LogP contribution in [0.3, 0.4) is 0 Å². The number of aryl methyl sites for hydroxylation is 1. The zero-order valence-corrected chi connectivity index (χ0v) is 9.93. The van der Waals surface area contributed by atoms with Gasteiger partial charge in [0.1, 0.15) is 0 Å². The molecule has 1 N–H and O–H groups in total. The molecule has 0 aromatic heterocycles. The third-order valence-electron chi connectivity index (χ3n) is 2.93. The molecule has 4 heteroatoms. The van der Waals surface area contributed by atoms with Gasteiger partial charge in [-0.05, 0) is 19.1 Å². The zero-order chi connectivity index (χ0) is 12.3. The van der Waals surface area contributed by atoms with Crippen LogP contribution in [0.2, 0.25) is 0 Å². The van der Waals surface area contributed by atoms with Crippen molar-refractivity contribution in [1.82, 2.24) is 4.90 Å². The van der Waals surface area contributed by atoms with Gasteiger partial charge in [-0.15, -0.1) is 0 Å². The van der Waals surface area contributed by atoms with Gasteiger partial charge in [0.2, 0.25) is 0 Å². The zero-order valence-electron chi connectivity index (χ0n) is 9.93. The number of hydrogen-bond acceptors (Lipinski definition) is 3. The summed E-state index contributed by atoms with van der Waals surface area (Å²) < 4.78 is 5.32. The average molecular weight is 235 g/mol. The molecule has 1 aromatic rings. The van der Waals surface area contributed by atoms with E-state index in [1.54, 1.807) is 4.90 Å². The lowest BCUT2D eigenvalue weighted by Crippen LogP contribution is -2.46. The van der Waals surface area contributed by atoms with E-state index < -0.39 is 0 Å². The molecular weight excluding hydrogens is 218 g/mol. The molecule has 1 fully saturated rings. The maximum Gasteiger partial charge on any atom is 0.254 e. The minimum Gasteiger partial charge on any atom is -0.394 e. The maximum absolute atomic E-state index is 12.2. The van der Waals surface area contributed by atoms with Crippen LogP contribution in [0, 0.1) is 6.92 Å². The highest BCUT2D eigenvalue weighted by Crippen LogP contribution is 2.11. The summed E-state index contributed by atoms with van der Waals surface area (Å²) >= 11 is 0. The number of carbonyl (C=O) groups excluding carboxylic acids is 1. The van der Waals surface area contributed by atoms with Crippen LogP contribution >= 0.6 is 0 Å². The number of nitrogens with zero attached hydrogens (tertiary/aromatic N) is 1. The number of aliphatic hydroxyl groups is 1. The lowest BCUT2D eigenvalue weighted by atomic mass is 10.1. The van der Waals surface area contributed by atoms with E-state index in [1.807, 2.05) is 31.2 Å². The summed E-state index contributed by atoms with van der Waals surface area (Å²) in [5, 5.41) is 9.03. The van der Waals surface area contributed by atoms with Crippen molar-refractivity contribution >= 4 is 5.91 Å². The molecule has 4 nitrogen and oxygen atoms in total. The van der Waals surface area contributed by atoms with Gasteiger partial charge in [0.05, 0.1) is 19.3 Å². The highest BCUT2D eigenvalue weighted by molar-refractivity contribution is 5.94. The Labute approximate surface area is 101 Å². The van der Waals surface area contributed by atoms with Crippen LogP contribution < -0.4 is 0 Å². The molecule has 1 heterocycles. The fraction of sp³-hybridized carbons (Fsp3) is 0.462. The fourth-order valence-corrected chi connectivity index (χ4v) is 1.89. The maximum atomic E-state index is 12.2. The second kappa shape index (κ2) is 5.29. The standard InChI is InChI=1S/C13H17NO3/c1-10-2-4-11(5-3-10)13(16)14-6-7-17-12(8-14)9-15/h2-5,12,15H,6-9H2,1H3. The number of aliphatic hydroxyl groups excluding tert-OH is 1. The molecule has 1 aliphatic heterocycles. The molecule has 1 aromatic carbocycles. The van der Waals surface area contributed by atoms with Gasteiger partial charge in [-0.1, -0.05) is 17.7 Å². The summed E-state index contributed by atoms with van der Waals surface area (Å²) in [5.41, 5.74) is 1.82. The normalized spacial score (nSPS) is 20.4. The van der Waals surface area contributed by atoms with E-state index in [9.17, 15) is 4.79 Å². The molecule has 1 saturated heterocycles. The average Bonchev–Trinajstić information content (AvgIpc) is 2.39. The van der Waals surface area contributed by atoms with Gasteiger partial charge in [0.25, 0.3) is 5.91 Å². The number of morpholine rings is 1. The summed E-state index contributed by atoms with van der Waals surface area (Å²) in [7, 11) is 0. The fourth-order valence-electron chi connectivity index (χ4n) is 1.89. The Kier molecular flexibility index (Phi) is 3.76. The molecule has 1 amide bonds. The minimum absolute atomic E-state index is 0.00625. The summed E-state index contributed by atoms with van der Waals surface area (Å²) in [4.78, 5) is 13.9. The SMILES string of the molecule is Cc1ccc(C(=O)N2CCOC(CO)C2)cc1. The number of benzene rings is 1. The van der Waals surface area contributed by atoms with E-state index in [4.69, 9.17) is 9.84 Å². The van der Waals surface area contributed by atoms with Crippen molar-refractivity contribution in [2.75, 3.05) is 26.3 Å². The molecule has 17 heavy (non-hydrogen) atoms. The van der Waals surface area contributed by atoms with E-state index in [2.05, 4.69) is 0 Å². The minimum atomic E-state index is -0.252. The van der Waals surface area contributed by atoms with E-state index in [-0.39, 0.29) is 18.6 Å². The van der Waals surface area contributed by atoms with Crippen LogP contribution in [0.4, 0.5) is 0 Å². The number of rotatable bonds is 2. The van der Waals surface area contributed by atoms with Crippen LogP contribution in [-0.4, -0.2) is 48.3 Å². The van der Waals surface area contributed by atoms with Crippen LogP contribution in [-0.2, 0) is 4.74 Å². The van der Waals surface area contributed by atoms with E-state index >= 15 is 0 Å². The lowest BCUT2D eigenvalue weighted by molar-refractivity contribution is -0.0447. The Balaban J connectivity index is 2.06. The lowest BCUT2D eigenvalue weighted by Gasteiger charge is -2.32. The van der Waals surface area contributed by atoms with Crippen LogP contribution in [0.15, 0.2) is 24.3 Å². The number of carbonyl (C=O) groups is 1. The van der Waals surface area contributed by atoms with Crippen LogP contribution in [0.1, 0.15) is 15.9 Å². The topological polar surface area (TPSA) is 49.8 Å². The van der Waals surface area contributed by atoms with Gasteiger partial charge in [0, 0.05) is 18.7 Å². The quantitative estimate of drug-likeness (QED) is 0.826. The van der Waals surface area contributed by atoms with Gasteiger partial charge < -0.3 is 14.7 Å². The Hall–Kier alpha value is -1.39. The monoisotopic (exact) mass is 235 g/mol. The second-order valence-corrected chi connectivity index (χ2v) is 4.29. The van der Waals surface area contributed by atoms with Crippen molar-refractivity contribution in [1.29, 1.82) is 0 Å². The predicted molar refractivity (Wildman–Crippen MR) is 63.9 cm³/mol. The van der Waals surface area contributed by atoms with Gasteiger partial charge >= 0.3 is 0 Å². The van der Waals surface area contributed by atoms with Crippen molar-refractivity contribution < 1.29 is 14.6 Å². The molecule has 1 aliphatic rings. The molecule has 2 rings (SSSR count). The third-order valence-corrected chi connectivity index (χ3v) is 2.93. The van der Waals surface area contributed by atoms with Gasteiger partial charge in [-0.25, -0.2) is 0 Å². The summed E-state index contributed by atoms with van der Waals surface area (Å²) in [5.74, 6) is 0.00625. The van der Waals surface area contributed by atoms with Crippen LogP contribution in [0.25, 0.3) is 0 Å². The molecule has 1 atom stereocenters. The van der Waals surface area contributed by atoms with E-state index in [0.29, 0.717) is 25.3 Å². The number of amides is 1. The van der Waals surface area contributed by atoms with Crippen molar-refractivity contribution in [2.45, 2.75) is 13.0 Å². The second-order valence-electron chi connectivity index (χ2n) is 4.29. The molecular formula is C13H17NO3. The van der Waals surface area contributed by atoms with Gasteiger partial charge in [-0.3, -0.25) is 4.79 Å². The first-order valence-corrected chi connectivity index (χ1v) is 5.79. The van der Waals surface area contributed by atoms with Crippen molar-refractivity contribution in [3.05, 3.63) is 35.4 Å². The Morgan fingerprint density at radius 3 is 2.82 bits per heavy atom. The largest absolute Gasteiger partial charge is 0.394 e. The van der Waals surface area contributed by atoms with E-state index in [1.165, 1.54) is 0 Å². The summed E-state index contributed by atoms with van der Waals surface area (Å²) in [6, 6.07) is 7.52. The van der Waals surface area contributed by atoms with Gasteiger partial charge in [-0.2, -0.15) is 0 Å². The predicted octanol–water partition coefficient (Wildman–Crippen LogP) is 0.828. The first-order chi connectivity index (χ1) is 8.20. The number of ether oxygens (including phenoxy) is 1. The number of hydrogen-bond donors (Lipinski definition) is 1. The van der Waals surface area contributed by atoms with Gasteiger partial charge in [0.15, 0.2) is 0 Å². The highest BCUT2D eigenvalue weighted by Gasteiger charge is 2.24. The van der Waals surface area contributed by atoms with Crippen molar-refractivity contribution in [3.63, 3.8) is 0 Å². The van der Waals surface area contributed by atoms with E-state index in [0.717, 1.165) is 5.56 Å². The Bertz CT molecular complexity index is 388.